The monoisotopic (exact) mass is 236 g/mol. The fraction of sp³-hybridized carbons (Fsp3) is 0.600. The van der Waals surface area contributed by atoms with Gasteiger partial charge in [-0.3, -0.25) is 0 Å². The summed E-state index contributed by atoms with van der Waals surface area (Å²) in [7, 11) is 0. The first kappa shape index (κ1) is 12.6. The number of aryl methyl sites for hydroxylation is 1. The molecule has 2 rings (SSSR count). The molecule has 0 saturated heterocycles. The SMILES string of the molecule is CCCCCCC1(O)CCc2cc(F)ccc21. The average molecular weight is 236 g/mol. The maximum Gasteiger partial charge on any atom is 0.123 e. The number of hydrogen-bond donors (Lipinski definition) is 1. The fourth-order valence-electron chi connectivity index (χ4n) is 2.80. The van der Waals surface area contributed by atoms with E-state index in [0.29, 0.717) is 0 Å². The van der Waals surface area contributed by atoms with Gasteiger partial charge in [-0.15, -0.1) is 0 Å². The van der Waals surface area contributed by atoms with Crippen LogP contribution in [0.5, 0.6) is 0 Å². The maximum atomic E-state index is 13.1. The first-order valence-electron chi connectivity index (χ1n) is 6.67. The number of hydrogen-bond acceptors (Lipinski definition) is 1. The van der Waals surface area contributed by atoms with E-state index in [4.69, 9.17) is 0 Å². The van der Waals surface area contributed by atoms with Crippen molar-refractivity contribution >= 4 is 0 Å². The van der Waals surface area contributed by atoms with Crippen LogP contribution in [-0.4, -0.2) is 5.11 Å². The van der Waals surface area contributed by atoms with Crippen molar-refractivity contribution in [2.45, 2.75) is 57.5 Å². The second kappa shape index (κ2) is 5.18. The van der Waals surface area contributed by atoms with Crippen molar-refractivity contribution in [1.29, 1.82) is 0 Å². The molecule has 0 bridgehead atoms. The Morgan fingerprint density at radius 1 is 1.29 bits per heavy atom. The molecular weight excluding hydrogens is 215 g/mol. The third kappa shape index (κ3) is 2.68. The molecular formula is C15H21FO. The summed E-state index contributed by atoms with van der Waals surface area (Å²) in [6, 6.07) is 4.79. The van der Waals surface area contributed by atoms with Gasteiger partial charge in [-0.2, -0.15) is 0 Å². The smallest absolute Gasteiger partial charge is 0.123 e. The lowest BCUT2D eigenvalue weighted by molar-refractivity contribution is 0.0267. The Balaban J connectivity index is 2.03. The zero-order valence-corrected chi connectivity index (χ0v) is 10.5. The molecule has 0 aliphatic heterocycles. The van der Waals surface area contributed by atoms with E-state index in [-0.39, 0.29) is 5.82 Å². The Hall–Kier alpha value is -0.890. The van der Waals surface area contributed by atoms with Crippen LogP contribution in [0.3, 0.4) is 0 Å². The molecule has 0 aromatic heterocycles. The summed E-state index contributed by atoms with van der Waals surface area (Å²) in [5.41, 5.74) is 1.25. The standard InChI is InChI=1S/C15H21FO/c1-2-3-4-5-9-15(17)10-8-12-11-13(16)6-7-14(12)15/h6-7,11,17H,2-5,8-10H2,1H3. The summed E-state index contributed by atoms with van der Waals surface area (Å²) in [6.45, 7) is 2.18. The van der Waals surface area contributed by atoms with Gasteiger partial charge >= 0.3 is 0 Å². The molecule has 94 valence electrons. The number of halogens is 1. The molecule has 1 aromatic carbocycles. The molecule has 0 amide bonds. The molecule has 1 aliphatic carbocycles. The van der Waals surface area contributed by atoms with E-state index in [1.165, 1.54) is 25.3 Å². The molecule has 1 unspecified atom stereocenters. The zero-order chi connectivity index (χ0) is 12.3. The maximum absolute atomic E-state index is 13.1. The van der Waals surface area contributed by atoms with Gasteiger partial charge in [0.2, 0.25) is 0 Å². The number of aliphatic hydroxyl groups is 1. The van der Waals surface area contributed by atoms with Crippen molar-refractivity contribution in [1.82, 2.24) is 0 Å². The highest BCUT2D eigenvalue weighted by molar-refractivity contribution is 5.37. The van der Waals surface area contributed by atoms with Crippen LogP contribution in [0.15, 0.2) is 18.2 Å². The molecule has 1 aromatic rings. The highest BCUT2D eigenvalue weighted by Gasteiger charge is 2.35. The second-order valence-electron chi connectivity index (χ2n) is 5.14. The third-order valence-corrected chi connectivity index (χ3v) is 3.82. The quantitative estimate of drug-likeness (QED) is 0.768. The first-order valence-corrected chi connectivity index (χ1v) is 6.67. The Bertz CT molecular complexity index is 389. The minimum Gasteiger partial charge on any atom is -0.385 e. The van der Waals surface area contributed by atoms with Crippen molar-refractivity contribution in [2.75, 3.05) is 0 Å². The van der Waals surface area contributed by atoms with Gasteiger partial charge in [-0.05, 0) is 42.5 Å². The normalized spacial score (nSPS) is 22.8. The van der Waals surface area contributed by atoms with Crippen molar-refractivity contribution < 1.29 is 9.50 Å². The van der Waals surface area contributed by atoms with Gasteiger partial charge in [0.05, 0.1) is 5.60 Å². The van der Waals surface area contributed by atoms with Gasteiger partial charge in [-0.1, -0.05) is 38.7 Å². The van der Waals surface area contributed by atoms with Crippen LogP contribution < -0.4 is 0 Å². The zero-order valence-electron chi connectivity index (χ0n) is 10.5. The molecule has 17 heavy (non-hydrogen) atoms. The lowest BCUT2D eigenvalue weighted by Crippen LogP contribution is -2.22. The van der Waals surface area contributed by atoms with E-state index < -0.39 is 5.60 Å². The Morgan fingerprint density at radius 3 is 2.88 bits per heavy atom. The molecule has 2 heteroatoms. The van der Waals surface area contributed by atoms with Crippen LogP contribution in [0, 0.1) is 5.82 Å². The molecule has 0 fully saturated rings. The number of unbranched alkanes of at least 4 members (excludes halogenated alkanes) is 3. The predicted octanol–water partition coefficient (Wildman–Crippen LogP) is 3.93. The van der Waals surface area contributed by atoms with Gasteiger partial charge in [0.25, 0.3) is 0 Å². The van der Waals surface area contributed by atoms with Crippen molar-refractivity contribution in [3.8, 4) is 0 Å². The van der Waals surface area contributed by atoms with Gasteiger partial charge in [0, 0.05) is 0 Å². The minimum absolute atomic E-state index is 0.195. The van der Waals surface area contributed by atoms with E-state index in [2.05, 4.69) is 6.92 Å². The third-order valence-electron chi connectivity index (χ3n) is 3.82. The number of benzene rings is 1. The number of rotatable bonds is 5. The average Bonchev–Trinajstić information content (AvgIpc) is 2.63. The summed E-state index contributed by atoms with van der Waals surface area (Å²) in [6.07, 6.45) is 7.03. The molecule has 0 saturated carbocycles. The van der Waals surface area contributed by atoms with Crippen LogP contribution >= 0.6 is 0 Å². The number of fused-ring (bicyclic) bond motifs is 1. The summed E-state index contributed by atoms with van der Waals surface area (Å²) >= 11 is 0. The topological polar surface area (TPSA) is 20.2 Å². The van der Waals surface area contributed by atoms with E-state index in [9.17, 15) is 9.50 Å². The highest BCUT2D eigenvalue weighted by atomic mass is 19.1. The van der Waals surface area contributed by atoms with Gasteiger partial charge < -0.3 is 5.11 Å². The first-order chi connectivity index (χ1) is 8.15. The summed E-state index contributed by atoms with van der Waals surface area (Å²) < 4.78 is 13.1. The fourth-order valence-corrected chi connectivity index (χ4v) is 2.80. The van der Waals surface area contributed by atoms with E-state index in [1.54, 1.807) is 12.1 Å². The van der Waals surface area contributed by atoms with Gasteiger partial charge in [0.1, 0.15) is 5.82 Å². The molecule has 1 atom stereocenters. The molecule has 1 aliphatic rings. The van der Waals surface area contributed by atoms with Crippen LogP contribution in [0.1, 0.15) is 56.6 Å². The molecule has 0 heterocycles. The van der Waals surface area contributed by atoms with Crippen LogP contribution in [0.25, 0.3) is 0 Å². The Labute approximate surface area is 103 Å². The van der Waals surface area contributed by atoms with Gasteiger partial charge in [-0.25, -0.2) is 4.39 Å². The highest BCUT2D eigenvalue weighted by Crippen LogP contribution is 2.40. The van der Waals surface area contributed by atoms with E-state index in [0.717, 1.165) is 36.8 Å². The molecule has 0 spiro atoms. The molecule has 1 N–H and O–H groups in total. The second-order valence-corrected chi connectivity index (χ2v) is 5.14. The largest absolute Gasteiger partial charge is 0.385 e. The van der Waals surface area contributed by atoms with Crippen LogP contribution in [0.4, 0.5) is 4.39 Å². The Kier molecular flexibility index (Phi) is 3.82. The molecule has 1 nitrogen and oxygen atoms in total. The van der Waals surface area contributed by atoms with E-state index >= 15 is 0 Å². The minimum atomic E-state index is -0.698. The van der Waals surface area contributed by atoms with Crippen LogP contribution in [0.2, 0.25) is 0 Å². The summed E-state index contributed by atoms with van der Waals surface area (Å²) in [5.74, 6) is -0.195. The summed E-state index contributed by atoms with van der Waals surface area (Å²) in [4.78, 5) is 0. The van der Waals surface area contributed by atoms with Crippen molar-refractivity contribution in [3.63, 3.8) is 0 Å². The lowest BCUT2D eigenvalue weighted by Gasteiger charge is -2.24. The summed E-state index contributed by atoms with van der Waals surface area (Å²) in [5, 5.41) is 10.6. The van der Waals surface area contributed by atoms with E-state index in [1.807, 2.05) is 0 Å². The predicted molar refractivity (Wildman–Crippen MR) is 67.4 cm³/mol. The lowest BCUT2D eigenvalue weighted by atomic mass is 9.90. The van der Waals surface area contributed by atoms with Gasteiger partial charge in [0.15, 0.2) is 0 Å². The van der Waals surface area contributed by atoms with Crippen LogP contribution in [-0.2, 0) is 12.0 Å². The molecule has 0 radical (unpaired) electrons. The van der Waals surface area contributed by atoms with Crippen molar-refractivity contribution in [2.24, 2.45) is 0 Å². The Morgan fingerprint density at radius 2 is 2.12 bits per heavy atom. The van der Waals surface area contributed by atoms with Crippen molar-refractivity contribution in [3.05, 3.63) is 35.1 Å².